The Morgan fingerprint density at radius 2 is 1.33 bits per heavy atom. The molecule has 0 saturated carbocycles. The van der Waals surface area contributed by atoms with Crippen LogP contribution in [0.5, 0.6) is 0 Å². The highest BCUT2D eigenvalue weighted by molar-refractivity contribution is 8.13. The zero-order chi connectivity index (χ0) is 18.7. The quantitative estimate of drug-likeness (QED) is 0.723. The Morgan fingerprint density at radius 3 is 1.54 bits per heavy atom. The van der Waals surface area contributed by atoms with Crippen LogP contribution in [0.3, 0.4) is 0 Å². The third kappa shape index (κ3) is 5.60. The second kappa shape index (κ2) is 8.02. The summed E-state index contributed by atoms with van der Waals surface area (Å²) in [5, 5.41) is 12.1. The van der Waals surface area contributed by atoms with Gasteiger partial charge in [-0.25, -0.2) is 22.0 Å². The van der Waals surface area contributed by atoms with E-state index in [1.807, 2.05) is 13.8 Å². The number of nitrogens with zero attached hydrogens (tertiary/aromatic N) is 4. The molecule has 0 fully saturated rings. The fraction of sp³-hybridized carbons (Fsp3) is 0.400. The Labute approximate surface area is 153 Å². The maximum atomic E-state index is 10.8. The first-order valence-electron chi connectivity index (χ1n) is 6.33. The molecule has 0 aliphatic heterocycles. The summed E-state index contributed by atoms with van der Waals surface area (Å²) >= 11 is 11.0. The van der Waals surface area contributed by atoms with E-state index < -0.39 is 19.1 Å². The standard InChI is InChI=1S/C5H6Cl2N2O2S.C5H8ClN3O2S/c2*1-2-9-3-4(5(6)8-9)12(7,10)11/h3H,2H2,1H3;3H,2H2,1H3,(H2,7,10,11). The number of hydrogen-bond acceptors (Lipinski definition) is 6. The molecule has 0 radical (unpaired) electrons. The molecule has 2 rings (SSSR count). The van der Waals surface area contributed by atoms with E-state index in [4.69, 9.17) is 39.0 Å². The molecule has 24 heavy (non-hydrogen) atoms. The zero-order valence-corrected chi connectivity index (χ0v) is 16.4. The Hall–Kier alpha value is -0.850. The number of aryl methyl sites for hydroxylation is 2. The van der Waals surface area contributed by atoms with Gasteiger partial charge in [0, 0.05) is 36.2 Å². The highest BCUT2D eigenvalue weighted by atomic mass is 35.7. The first-order chi connectivity index (χ1) is 10.9. The minimum atomic E-state index is -3.77. The molecular formula is C10H14Cl3N5O4S2. The molecule has 2 N–H and O–H groups in total. The van der Waals surface area contributed by atoms with Gasteiger partial charge < -0.3 is 0 Å². The number of halogens is 3. The van der Waals surface area contributed by atoms with Gasteiger partial charge in [0.15, 0.2) is 10.3 Å². The summed E-state index contributed by atoms with van der Waals surface area (Å²) in [6, 6.07) is 0. The van der Waals surface area contributed by atoms with E-state index in [0.29, 0.717) is 13.1 Å². The van der Waals surface area contributed by atoms with Crippen molar-refractivity contribution in [2.24, 2.45) is 5.14 Å². The third-order valence-electron chi connectivity index (χ3n) is 2.59. The van der Waals surface area contributed by atoms with Crippen molar-refractivity contribution in [3.05, 3.63) is 22.7 Å². The number of rotatable bonds is 4. The van der Waals surface area contributed by atoms with Gasteiger partial charge in [0.05, 0.1) is 0 Å². The lowest BCUT2D eigenvalue weighted by atomic mass is 10.7. The van der Waals surface area contributed by atoms with E-state index in [9.17, 15) is 16.8 Å². The van der Waals surface area contributed by atoms with Crippen LogP contribution in [0.1, 0.15) is 13.8 Å². The van der Waals surface area contributed by atoms with Crippen LogP contribution >= 0.6 is 33.9 Å². The molecule has 2 heterocycles. The van der Waals surface area contributed by atoms with Crippen LogP contribution in [-0.2, 0) is 32.2 Å². The van der Waals surface area contributed by atoms with Gasteiger partial charge in [-0.05, 0) is 13.8 Å². The van der Waals surface area contributed by atoms with Crippen LogP contribution in [0, 0.1) is 0 Å². The molecule has 0 aromatic carbocycles. The van der Waals surface area contributed by atoms with Gasteiger partial charge in [0.25, 0.3) is 9.05 Å². The van der Waals surface area contributed by atoms with Crippen molar-refractivity contribution in [1.29, 1.82) is 0 Å². The SMILES string of the molecule is CCn1cc(S(=O)(=O)Cl)c(Cl)n1.CCn1cc(S(N)(=O)=O)c(Cl)n1. The second-order valence-electron chi connectivity index (χ2n) is 4.26. The Balaban J connectivity index is 0.000000240. The molecule has 0 aliphatic rings. The number of nitrogens with two attached hydrogens (primary N) is 1. The van der Waals surface area contributed by atoms with Crippen molar-refractivity contribution in [3.8, 4) is 0 Å². The van der Waals surface area contributed by atoms with Gasteiger partial charge in [0.1, 0.15) is 9.79 Å². The first-order valence-corrected chi connectivity index (χ1v) is 10.9. The van der Waals surface area contributed by atoms with E-state index in [0.717, 1.165) is 0 Å². The molecule has 0 atom stereocenters. The lowest BCUT2D eigenvalue weighted by molar-refractivity contribution is 0.597. The third-order valence-corrected chi connectivity index (χ3v) is 5.61. The molecule has 9 nitrogen and oxygen atoms in total. The van der Waals surface area contributed by atoms with Crippen molar-refractivity contribution in [1.82, 2.24) is 19.6 Å². The number of primary sulfonamides is 1. The molecule has 0 spiro atoms. The van der Waals surface area contributed by atoms with E-state index in [1.165, 1.54) is 21.8 Å². The van der Waals surface area contributed by atoms with Crippen molar-refractivity contribution >= 4 is 53.0 Å². The average Bonchev–Trinajstić information content (AvgIpc) is 3.01. The molecule has 136 valence electrons. The molecule has 14 heteroatoms. The summed E-state index contributed by atoms with van der Waals surface area (Å²) < 4.78 is 46.1. The lowest BCUT2D eigenvalue weighted by Gasteiger charge is -1.90. The summed E-state index contributed by atoms with van der Waals surface area (Å²) in [5.41, 5.74) is 0. The Bertz CT molecular complexity index is 844. The normalized spacial score (nSPS) is 11.9. The van der Waals surface area contributed by atoms with Gasteiger partial charge in [0.2, 0.25) is 10.0 Å². The second-order valence-corrected chi connectivity index (χ2v) is 9.04. The summed E-state index contributed by atoms with van der Waals surface area (Å²) in [6.07, 6.45) is 2.60. The number of aromatic nitrogens is 4. The van der Waals surface area contributed by atoms with Gasteiger partial charge >= 0.3 is 0 Å². The highest BCUT2D eigenvalue weighted by Crippen LogP contribution is 2.22. The molecule has 2 aromatic heterocycles. The van der Waals surface area contributed by atoms with Gasteiger partial charge in [-0.1, -0.05) is 23.2 Å². The number of sulfonamides is 1. The monoisotopic (exact) mass is 437 g/mol. The minimum absolute atomic E-state index is 0.0839. The summed E-state index contributed by atoms with van der Waals surface area (Å²) in [6.45, 7) is 4.73. The first kappa shape index (κ1) is 21.2. The van der Waals surface area contributed by atoms with Crippen LogP contribution in [0.25, 0.3) is 0 Å². The molecule has 0 aliphatic carbocycles. The fourth-order valence-electron chi connectivity index (χ4n) is 1.44. The van der Waals surface area contributed by atoms with E-state index in [-0.39, 0.29) is 20.1 Å². The van der Waals surface area contributed by atoms with Crippen molar-refractivity contribution in [2.45, 2.75) is 36.7 Å². The predicted octanol–water partition coefficient (Wildman–Crippen LogP) is 1.69. The van der Waals surface area contributed by atoms with Crippen LogP contribution in [-0.4, -0.2) is 36.4 Å². The number of hydrogen-bond donors (Lipinski definition) is 1. The topological polar surface area (TPSA) is 130 Å². The fourth-order valence-corrected chi connectivity index (χ4v) is 3.85. The summed E-state index contributed by atoms with van der Waals surface area (Å²) in [5.74, 6) is 0. The summed E-state index contributed by atoms with van der Waals surface area (Å²) in [7, 11) is -2.44. The lowest BCUT2D eigenvalue weighted by Crippen LogP contribution is -2.11. The van der Waals surface area contributed by atoms with Gasteiger partial charge in [-0.15, -0.1) is 0 Å². The largest absolute Gasteiger partial charge is 0.270 e. The van der Waals surface area contributed by atoms with Crippen molar-refractivity contribution in [2.75, 3.05) is 0 Å². The molecule has 0 bridgehead atoms. The van der Waals surface area contributed by atoms with E-state index in [2.05, 4.69) is 10.2 Å². The summed E-state index contributed by atoms with van der Waals surface area (Å²) in [4.78, 5) is -0.279. The zero-order valence-electron chi connectivity index (χ0n) is 12.5. The smallest absolute Gasteiger partial charge is 0.265 e. The maximum Gasteiger partial charge on any atom is 0.265 e. The highest BCUT2D eigenvalue weighted by Gasteiger charge is 2.18. The predicted molar refractivity (Wildman–Crippen MR) is 90.2 cm³/mol. The van der Waals surface area contributed by atoms with Gasteiger partial charge in [-0.2, -0.15) is 10.2 Å². The minimum Gasteiger partial charge on any atom is -0.270 e. The molecular weight excluding hydrogens is 425 g/mol. The van der Waals surface area contributed by atoms with E-state index in [1.54, 1.807) is 0 Å². The van der Waals surface area contributed by atoms with Crippen molar-refractivity contribution in [3.63, 3.8) is 0 Å². The maximum absolute atomic E-state index is 10.8. The van der Waals surface area contributed by atoms with Crippen LogP contribution < -0.4 is 5.14 Å². The molecule has 0 amide bonds. The van der Waals surface area contributed by atoms with Gasteiger partial charge in [-0.3, -0.25) is 9.36 Å². The Kier molecular flexibility index (Phi) is 7.08. The Morgan fingerprint density at radius 1 is 0.958 bits per heavy atom. The average molecular weight is 439 g/mol. The van der Waals surface area contributed by atoms with Crippen LogP contribution in [0.2, 0.25) is 10.3 Å². The van der Waals surface area contributed by atoms with Crippen LogP contribution in [0.4, 0.5) is 0 Å². The van der Waals surface area contributed by atoms with E-state index >= 15 is 0 Å². The molecule has 2 aromatic rings. The molecule has 0 saturated heterocycles. The molecule has 0 unspecified atom stereocenters. The van der Waals surface area contributed by atoms with Crippen molar-refractivity contribution < 1.29 is 16.8 Å². The van der Waals surface area contributed by atoms with Crippen LogP contribution in [0.15, 0.2) is 22.2 Å².